The second-order valence-electron chi connectivity index (χ2n) is 9.79. The molecule has 0 bridgehead atoms. The molecule has 4 rings (SSSR count). The number of halogens is 3. The second-order valence-corrected chi connectivity index (χ2v) is 9.79. The number of amides is 1. The van der Waals surface area contributed by atoms with E-state index in [1.807, 2.05) is 30.8 Å². The lowest BCUT2D eigenvalue weighted by Gasteiger charge is -2.34. The van der Waals surface area contributed by atoms with E-state index in [4.69, 9.17) is 4.74 Å². The lowest BCUT2D eigenvalue weighted by Crippen LogP contribution is -2.44. The van der Waals surface area contributed by atoms with Crippen LogP contribution >= 0.6 is 0 Å². The molecule has 1 aliphatic heterocycles. The molecule has 1 atom stereocenters. The number of hydrogen-bond donors (Lipinski definition) is 0. The molecule has 0 saturated carbocycles. The molecule has 1 aliphatic rings. The molecule has 2 aromatic heterocycles. The van der Waals surface area contributed by atoms with Crippen LogP contribution in [0.3, 0.4) is 0 Å². The fourth-order valence-corrected chi connectivity index (χ4v) is 5.13. The highest BCUT2D eigenvalue weighted by Crippen LogP contribution is 2.37. The minimum absolute atomic E-state index is 0.0511. The molecule has 3 aromatic rings. The number of carbonyl (C=O) groups is 2. The van der Waals surface area contributed by atoms with Crippen molar-refractivity contribution in [2.75, 3.05) is 20.2 Å². The first-order valence-electron chi connectivity index (χ1n) is 12.4. The van der Waals surface area contributed by atoms with Crippen molar-refractivity contribution in [1.82, 2.24) is 14.5 Å². The van der Waals surface area contributed by atoms with E-state index in [0.717, 1.165) is 34.6 Å². The van der Waals surface area contributed by atoms with Crippen molar-refractivity contribution in [2.45, 2.75) is 45.2 Å². The van der Waals surface area contributed by atoms with E-state index in [2.05, 4.69) is 4.98 Å². The minimum Gasteiger partial charge on any atom is -0.495 e. The fraction of sp³-hybridized carbons (Fsp3) is 0.429. The topological polar surface area (TPSA) is 88.2 Å². The van der Waals surface area contributed by atoms with E-state index < -0.39 is 18.0 Å². The molecule has 1 saturated heterocycles. The Kier molecular flexibility index (Phi) is 7.49. The number of fused-ring (bicyclic) bond motifs is 1. The molecule has 200 valence electrons. The normalized spacial score (nSPS) is 15.4. The van der Waals surface area contributed by atoms with Crippen LogP contribution in [0.4, 0.5) is 13.2 Å². The number of ether oxygens (including phenoxy) is 1. The Morgan fingerprint density at radius 2 is 1.95 bits per heavy atom. The molecule has 1 amide bonds. The number of rotatable bonds is 6. The van der Waals surface area contributed by atoms with Gasteiger partial charge in [-0.05, 0) is 67.5 Å². The van der Waals surface area contributed by atoms with Crippen LogP contribution in [0.2, 0.25) is 0 Å². The van der Waals surface area contributed by atoms with Gasteiger partial charge >= 0.3 is 6.18 Å². The van der Waals surface area contributed by atoms with Crippen LogP contribution in [0.25, 0.3) is 11.0 Å². The van der Waals surface area contributed by atoms with Gasteiger partial charge in [0.15, 0.2) is 5.78 Å². The molecule has 0 aliphatic carbocycles. The highest BCUT2D eigenvalue weighted by molar-refractivity contribution is 5.99. The average Bonchev–Trinajstić information content (AvgIpc) is 3.25. The molecule has 1 aromatic carbocycles. The molecule has 0 spiro atoms. The number of aromatic nitrogens is 2. The SMILES string of the molecule is COc1ccc(C(=O)Cc2cnc3c(c(C4CCN(C(=O)[C@H](C)C(F)(F)F)CC4)cn3C)c2C)cc1C#N. The molecular formula is C28H29F3N4O3. The standard InChI is InChI=1S/C28H29F3N4O3/c1-16-21(12-23(36)19-5-6-24(38-4)20(11-19)13-32)14-33-26-25(16)22(15-34(26)3)18-7-9-35(10-8-18)27(37)17(2)28(29,30)31/h5-6,11,14-15,17-18H,7-10,12H2,1-4H3/t17-/m0/s1. The van der Waals surface area contributed by atoms with Crippen LogP contribution in [0.1, 0.15) is 58.3 Å². The number of nitrogens with zero attached hydrogens (tertiary/aromatic N) is 4. The maximum atomic E-state index is 13.1. The molecule has 3 heterocycles. The molecule has 0 unspecified atom stereocenters. The average molecular weight is 527 g/mol. The number of ketones is 1. The van der Waals surface area contributed by atoms with E-state index in [1.165, 1.54) is 18.1 Å². The quantitative estimate of drug-likeness (QED) is 0.418. The van der Waals surface area contributed by atoms with E-state index in [-0.39, 0.29) is 36.8 Å². The number of pyridine rings is 1. The number of Topliss-reactive ketones (excluding diaryl/α,β-unsaturated/α-hetero) is 1. The molecule has 7 nitrogen and oxygen atoms in total. The van der Waals surface area contributed by atoms with Crippen molar-refractivity contribution in [3.8, 4) is 11.8 Å². The van der Waals surface area contributed by atoms with Crippen LogP contribution in [0.15, 0.2) is 30.6 Å². The summed E-state index contributed by atoms with van der Waals surface area (Å²) in [5.74, 6) is -2.60. The van der Waals surface area contributed by atoms with Gasteiger partial charge in [-0.2, -0.15) is 18.4 Å². The van der Waals surface area contributed by atoms with Crippen LogP contribution < -0.4 is 4.74 Å². The first-order chi connectivity index (χ1) is 18.0. The zero-order valence-corrected chi connectivity index (χ0v) is 21.7. The summed E-state index contributed by atoms with van der Waals surface area (Å²) in [4.78, 5) is 31.3. The van der Waals surface area contributed by atoms with Gasteiger partial charge in [0.2, 0.25) is 5.91 Å². The van der Waals surface area contributed by atoms with Crippen LogP contribution in [0.5, 0.6) is 5.75 Å². The van der Waals surface area contributed by atoms with Gasteiger partial charge in [0.1, 0.15) is 23.4 Å². The van der Waals surface area contributed by atoms with Gasteiger partial charge < -0.3 is 14.2 Å². The first-order valence-corrected chi connectivity index (χ1v) is 12.4. The van der Waals surface area contributed by atoms with E-state index >= 15 is 0 Å². The number of carbonyl (C=O) groups excluding carboxylic acids is 2. The molecule has 38 heavy (non-hydrogen) atoms. The highest BCUT2D eigenvalue weighted by Gasteiger charge is 2.43. The summed E-state index contributed by atoms with van der Waals surface area (Å²) >= 11 is 0. The van der Waals surface area contributed by atoms with Gasteiger partial charge in [-0.25, -0.2) is 4.98 Å². The van der Waals surface area contributed by atoms with Crippen molar-refractivity contribution < 1.29 is 27.5 Å². The van der Waals surface area contributed by atoms with Crippen molar-refractivity contribution in [3.05, 3.63) is 58.4 Å². The van der Waals surface area contributed by atoms with Crippen molar-refractivity contribution in [3.63, 3.8) is 0 Å². The summed E-state index contributed by atoms with van der Waals surface area (Å²) in [5.41, 5.74) is 4.14. The summed E-state index contributed by atoms with van der Waals surface area (Å²) in [6, 6.07) is 6.79. The van der Waals surface area contributed by atoms with Crippen LogP contribution in [-0.4, -0.2) is 52.5 Å². The molecule has 10 heteroatoms. The largest absolute Gasteiger partial charge is 0.495 e. The predicted octanol–water partition coefficient (Wildman–Crippen LogP) is 5.09. The van der Waals surface area contributed by atoms with Gasteiger partial charge in [-0.15, -0.1) is 0 Å². The number of piperidine rings is 1. The van der Waals surface area contributed by atoms with Crippen molar-refractivity contribution in [2.24, 2.45) is 13.0 Å². The maximum absolute atomic E-state index is 13.1. The number of likely N-dealkylation sites (tertiary alicyclic amines) is 1. The number of hydrogen-bond acceptors (Lipinski definition) is 5. The number of benzene rings is 1. The van der Waals surface area contributed by atoms with Gasteiger partial charge in [0.05, 0.1) is 12.7 Å². The monoisotopic (exact) mass is 526 g/mol. The Morgan fingerprint density at radius 1 is 1.26 bits per heavy atom. The zero-order chi connectivity index (χ0) is 27.8. The lowest BCUT2D eigenvalue weighted by atomic mass is 9.87. The zero-order valence-electron chi connectivity index (χ0n) is 21.7. The number of methoxy groups -OCH3 is 1. The Labute approximate surface area is 218 Å². The first kappa shape index (κ1) is 27.2. The van der Waals surface area contributed by atoms with Crippen LogP contribution in [-0.2, 0) is 18.3 Å². The maximum Gasteiger partial charge on any atom is 0.400 e. The smallest absolute Gasteiger partial charge is 0.400 e. The highest BCUT2D eigenvalue weighted by atomic mass is 19.4. The Bertz CT molecular complexity index is 1430. The number of alkyl halides is 3. The van der Waals surface area contributed by atoms with Gasteiger partial charge in [0, 0.05) is 49.9 Å². The van der Waals surface area contributed by atoms with E-state index in [0.29, 0.717) is 24.2 Å². The molecule has 0 N–H and O–H groups in total. The Balaban J connectivity index is 1.57. The molecule has 1 fully saturated rings. The summed E-state index contributed by atoms with van der Waals surface area (Å²) in [6.07, 6.45) is 0.305. The third kappa shape index (κ3) is 5.10. The fourth-order valence-electron chi connectivity index (χ4n) is 5.13. The van der Waals surface area contributed by atoms with E-state index in [1.54, 1.807) is 18.3 Å². The van der Waals surface area contributed by atoms with E-state index in [9.17, 15) is 28.0 Å². The van der Waals surface area contributed by atoms with Crippen molar-refractivity contribution >= 4 is 22.7 Å². The third-order valence-electron chi connectivity index (χ3n) is 7.48. The minimum atomic E-state index is -4.55. The molecule has 0 radical (unpaired) electrons. The number of aryl methyl sites for hydroxylation is 2. The van der Waals surface area contributed by atoms with Gasteiger partial charge in [0.25, 0.3) is 0 Å². The Hall–Kier alpha value is -3.87. The van der Waals surface area contributed by atoms with Gasteiger partial charge in [-0.1, -0.05) is 0 Å². The Morgan fingerprint density at radius 3 is 2.55 bits per heavy atom. The third-order valence-corrected chi connectivity index (χ3v) is 7.48. The van der Waals surface area contributed by atoms with Crippen LogP contribution in [0, 0.1) is 24.2 Å². The van der Waals surface area contributed by atoms with Crippen molar-refractivity contribution in [1.29, 1.82) is 5.26 Å². The summed E-state index contributed by atoms with van der Waals surface area (Å²) in [5, 5.41) is 10.3. The number of nitriles is 1. The van der Waals surface area contributed by atoms with Gasteiger partial charge in [-0.3, -0.25) is 9.59 Å². The second kappa shape index (κ2) is 10.5. The molecular weight excluding hydrogens is 497 g/mol. The summed E-state index contributed by atoms with van der Waals surface area (Å²) in [6.45, 7) is 3.35. The summed E-state index contributed by atoms with van der Waals surface area (Å²) in [7, 11) is 3.34. The summed E-state index contributed by atoms with van der Waals surface area (Å²) < 4.78 is 46.1. The lowest BCUT2D eigenvalue weighted by molar-refractivity contribution is -0.186. The predicted molar refractivity (Wildman–Crippen MR) is 135 cm³/mol.